The first-order chi connectivity index (χ1) is 12.3. The average molecular weight is 341 g/mol. The topological polar surface area (TPSA) is 30.5 Å². The van der Waals surface area contributed by atoms with E-state index in [4.69, 9.17) is 9.47 Å². The third-order valence-electron chi connectivity index (χ3n) is 4.25. The second-order valence-electron chi connectivity index (χ2n) is 6.27. The minimum absolute atomic E-state index is 0.745. The standard InChI is InChI=1S/C22H31NO2/c1-3-4-8-17-25-22-20(14-9-15-21(22)24-2)18-23-16-10-13-19-11-6-5-7-12-19/h5-7,9,11-12,14-15,23H,3-4,8,10,13,16-18H2,1-2H3. The van der Waals surface area contributed by atoms with Gasteiger partial charge in [0.15, 0.2) is 11.5 Å². The van der Waals surface area contributed by atoms with Crippen molar-refractivity contribution in [2.24, 2.45) is 0 Å². The second kappa shape index (κ2) is 11.5. The molecular weight excluding hydrogens is 310 g/mol. The normalized spacial score (nSPS) is 10.6. The van der Waals surface area contributed by atoms with Crippen molar-refractivity contribution < 1.29 is 9.47 Å². The average Bonchev–Trinajstić information content (AvgIpc) is 2.66. The van der Waals surface area contributed by atoms with Crippen molar-refractivity contribution in [1.82, 2.24) is 5.32 Å². The molecule has 0 heterocycles. The Morgan fingerprint density at radius 1 is 0.920 bits per heavy atom. The van der Waals surface area contributed by atoms with Gasteiger partial charge in [0.25, 0.3) is 0 Å². The molecule has 0 aliphatic rings. The lowest BCUT2D eigenvalue weighted by Gasteiger charge is -2.15. The minimum Gasteiger partial charge on any atom is -0.493 e. The summed E-state index contributed by atoms with van der Waals surface area (Å²) in [4.78, 5) is 0. The van der Waals surface area contributed by atoms with Crippen LogP contribution in [0.15, 0.2) is 48.5 Å². The molecule has 0 unspecified atom stereocenters. The van der Waals surface area contributed by atoms with Crippen molar-refractivity contribution in [3.8, 4) is 11.5 Å². The van der Waals surface area contributed by atoms with Gasteiger partial charge in [-0.2, -0.15) is 0 Å². The van der Waals surface area contributed by atoms with Crippen LogP contribution in [0.5, 0.6) is 11.5 Å². The van der Waals surface area contributed by atoms with Gasteiger partial charge in [0.05, 0.1) is 13.7 Å². The number of methoxy groups -OCH3 is 1. The maximum atomic E-state index is 6.02. The summed E-state index contributed by atoms with van der Waals surface area (Å²) in [5.74, 6) is 1.71. The Kier molecular flexibility index (Phi) is 8.92. The fourth-order valence-corrected chi connectivity index (χ4v) is 2.84. The molecule has 136 valence electrons. The monoisotopic (exact) mass is 341 g/mol. The fourth-order valence-electron chi connectivity index (χ4n) is 2.84. The van der Waals surface area contributed by atoms with E-state index >= 15 is 0 Å². The van der Waals surface area contributed by atoms with Crippen molar-refractivity contribution in [3.05, 3.63) is 59.7 Å². The van der Waals surface area contributed by atoms with Crippen molar-refractivity contribution in [2.75, 3.05) is 20.3 Å². The first-order valence-corrected chi connectivity index (χ1v) is 9.38. The van der Waals surface area contributed by atoms with Crippen LogP contribution in [-0.2, 0) is 13.0 Å². The number of nitrogens with one attached hydrogen (secondary N) is 1. The Morgan fingerprint density at radius 3 is 2.52 bits per heavy atom. The summed E-state index contributed by atoms with van der Waals surface area (Å²) in [5.41, 5.74) is 2.56. The lowest BCUT2D eigenvalue weighted by Crippen LogP contribution is -2.16. The zero-order valence-electron chi connectivity index (χ0n) is 15.6. The van der Waals surface area contributed by atoms with Gasteiger partial charge in [0.1, 0.15) is 0 Å². The van der Waals surface area contributed by atoms with E-state index in [1.165, 1.54) is 18.4 Å². The third kappa shape index (κ3) is 6.79. The summed E-state index contributed by atoms with van der Waals surface area (Å²) in [6.45, 7) is 4.74. The minimum atomic E-state index is 0.745. The molecule has 1 N–H and O–H groups in total. The lowest BCUT2D eigenvalue weighted by atomic mass is 10.1. The van der Waals surface area contributed by atoms with Crippen LogP contribution in [0.1, 0.15) is 43.7 Å². The van der Waals surface area contributed by atoms with Crippen molar-refractivity contribution in [3.63, 3.8) is 0 Å². The molecule has 0 aromatic heterocycles. The largest absolute Gasteiger partial charge is 0.493 e. The zero-order valence-corrected chi connectivity index (χ0v) is 15.6. The summed E-state index contributed by atoms with van der Waals surface area (Å²) >= 11 is 0. The van der Waals surface area contributed by atoms with Crippen LogP contribution in [0.3, 0.4) is 0 Å². The summed E-state index contributed by atoms with van der Waals surface area (Å²) in [5, 5.41) is 3.53. The molecule has 0 saturated heterocycles. The summed E-state index contributed by atoms with van der Waals surface area (Å²) in [6.07, 6.45) is 5.71. The Balaban J connectivity index is 1.81. The van der Waals surface area contributed by atoms with E-state index in [-0.39, 0.29) is 0 Å². The van der Waals surface area contributed by atoms with Crippen LogP contribution in [0.2, 0.25) is 0 Å². The Hall–Kier alpha value is -2.00. The van der Waals surface area contributed by atoms with Crippen molar-refractivity contribution in [2.45, 2.75) is 45.6 Å². The van der Waals surface area contributed by atoms with E-state index in [1.807, 2.05) is 12.1 Å². The summed E-state index contributed by atoms with van der Waals surface area (Å²) < 4.78 is 11.5. The van der Waals surface area contributed by atoms with Gasteiger partial charge in [-0.25, -0.2) is 0 Å². The van der Waals surface area contributed by atoms with Gasteiger partial charge in [0.2, 0.25) is 0 Å². The smallest absolute Gasteiger partial charge is 0.165 e. The molecule has 0 saturated carbocycles. The van der Waals surface area contributed by atoms with Gasteiger partial charge >= 0.3 is 0 Å². The molecular formula is C22H31NO2. The number of hydrogen-bond donors (Lipinski definition) is 1. The van der Waals surface area contributed by atoms with E-state index in [1.54, 1.807) is 7.11 Å². The maximum Gasteiger partial charge on any atom is 0.165 e. The molecule has 0 fully saturated rings. The first kappa shape index (κ1) is 19.3. The molecule has 2 aromatic carbocycles. The predicted octanol–water partition coefficient (Wildman–Crippen LogP) is 4.99. The van der Waals surface area contributed by atoms with Crippen LogP contribution in [0, 0.1) is 0 Å². The molecule has 0 radical (unpaired) electrons. The van der Waals surface area contributed by atoms with Crippen molar-refractivity contribution in [1.29, 1.82) is 0 Å². The molecule has 0 bridgehead atoms. The summed E-state index contributed by atoms with van der Waals surface area (Å²) in [7, 11) is 1.70. The molecule has 0 aliphatic heterocycles. The zero-order chi connectivity index (χ0) is 17.7. The Labute approximate surface area is 152 Å². The van der Waals surface area contributed by atoms with Gasteiger partial charge in [-0.3, -0.25) is 0 Å². The molecule has 25 heavy (non-hydrogen) atoms. The van der Waals surface area contributed by atoms with Crippen LogP contribution in [0.25, 0.3) is 0 Å². The van der Waals surface area contributed by atoms with E-state index in [0.29, 0.717) is 0 Å². The van der Waals surface area contributed by atoms with E-state index in [9.17, 15) is 0 Å². The number of aryl methyl sites for hydroxylation is 1. The van der Waals surface area contributed by atoms with Crippen LogP contribution >= 0.6 is 0 Å². The number of para-hydroxylation sites is 1. The van der Waals surface area contributed by atoms with Gasteiger partial charge in [-0.1, -0.05) is 62.2 Å². The fraction of sp³-hybridized carbons (Fsp3) is 0.455. The predicted molar refractivity (Wildman–Crippen MR) is 104 cm³/mol. The molecule has 2 rings (SSSR count). The highest BCUT2D eigenvalue weighted by molar-refractivity contribution is 5.46. The van der Waals surface area contributed by atoms with E-state index in [0.717, 1.165) is 56.0 Å². The van der Waals surface area contributed by atoms with Gasteiger partial charge in [-0.15, -0.1) is 0 Å². The molecule has 0 spiro atoms. The molecule has 0 aliphatic carbocycles. The SMILES string of the molecule is CCCCCOc1c(CNCCCc2ccccc2)cccc1OC. The highest BCUT2D eigenvalue weighted by Crippen LogP contribution is 2.31. The van der Waals surface area contributed by atoms with Crippen LogP contribution in [0.4, 0.5) is 0 Å². The molecule has 2 aromatic rings. The van der Waals surface area contributed by atoms with Crippen LogP contribution < -0.4 is 14.8 Å². The Bertz CT molecular complexity index is 598. The lowest BCUT2D eigenvalue weighted by molar-refractivity contribution is 0.282. The number of unbranched alkanes of at least 4 members (excludes halogenated alkanes) is 2. The van der Waals surface area contributed by atoms with Crippen LogP contribution in [-0.4, -0.2) is 20.3 Å². The molecule has 3 nitrogen and oxygen atoms in total. The Morgan fingerprint density at radius 2 is 1.76 bits per heavy atom. The van der Waals surface area contributed by atoms with Gasteiger partial charge in [-0.05, 0) is 37.4 Å². The van der Waals surface area contributed by atoms with E-state index in [2.05, 4.69) is 48.6 Å². The van der Waals surface area contributed by atoms with Gasteiger partial charge in [0, 0.05) is 12.1 Å². The first-order valence-electron chi connectivity index (χ1n) is 9.38. The summed E-state index contributed by atoms with van der Waals surface area (Å²) in [6, 6.07) is 16.7. The number of hydrogen-bond acceptors (Lipinski definition) is 3. The van der Waals surface area contributed by atoms with Crippen molar-refractivity contribution >= 4 is 0 Å². The quantitative estimate of drug-likeness (QED) is 0.552. The maximum absolute atomic E-state index is 6.02. The number of benzene rings is 2. The second-order valence-corrected chi connectivity index (χ2v) is 6.27. The molecule has 0 amide bonds. The number of ether oxygens (including phenoxy) is 2. The highest BCUT2D eigenvalue weighted by Gasteiger charge is 2.10. The molecule has 0 atom stereocenters. The van der Waals surface area contributed by atoms with E-state index < -0.39 is 0 Å². The third-order valence-corrected chi connectivity index (χ3v) is 4.25. The van der Waals surface area contributed by atoms with Gasteiger partial charge < -0.3 is 14.8 Å². The molecule has 3 heteroatoms. The highest BCUT2D eigenvalue weighted by atomic mass is 16.5. The number of rotatable bonds is 12.